The number of hydrogen-bond acceptors (Lipinski definition) is 3. The number of aryl methyl sites for hydroxylation is 1. The molecule has 88 valence electrons. The van der Waals surface area contributed by atoms with Crippen molar-refractivity contribution in [2.45, 2.75) is 13.5 Å². The molecule has 1 aromatic carbocycles. The second-order valence-electron chi connectivity index (χ2n) is 3.70. The smallest absolute Gasteiger partial charge is 0.255 e. The first-order chi connectivity index (χ1) is 8.20. The molecule has 0 saturated carbocycles. The van der Waals surface area contributed by atoms with E-state index in [0.717, 1.165) is 11.1 Å². The Bertz CT molecular complexity index is 529. The summed E-state index contributed by atoms with van der Waals surface area (Å²) >= 11 is 0. The van der Waals surface area contributed by atoms with E-state index in [9.17, 15) is 4.39 Å². The van der Waals surface area contributed by atoms with Gasteiger partial charge in [0.2, 0.25) is 0 Å². The fourth-order valence-corrected chi connectivity index (χ4v) is 1.43. The Morgan fingerprint density at radius 3 is 2.88 bits per heavy atom. The van der Waals surface area contributed by atoms with Gasteiger partial charge >= 0.3 is 0 Å². The van der Waals surface area contributed by atoms with E-state index in [4.69, 9.17) is 10.5 Å². The first-order valence-electron chi connectivity index (χ1n) is 5.28. The van der Waals surface area contributed by atoms with Gasteiger partial charge < -0.3 is 10.5 Å². The quantitative estimate of drug-likeness (QED) is 0.885. The summed E-state index contributed by atoms with van der Waals surface area (Å²) in [6.07, 6.45) is 1.49. The molecule has 2 rings (SSSR count). The second-order valence-corrected chi connectivity index (χ2v) is 3.70. The number of halogens is 1. The number of benzene rings is 1. The lowest BCUT2D eigenvalue weighted by atomic mass is 10.1. The molecule has 2 N–H and O–H groups in total. The lowest BCUT2D eigenvalue weighted by molar-refractivity contribution is 0.420. The zero-order chi connectivity index (χ0) is 12.3. The Morgan fingerprint density at radius 2 is 2.18 bits per heavy atom. The summed E-state index contributed by atoms with van der Waals surface area (Å²) in [5.74, 6) is 0.0698. The predicted octanol–water partition coefficient (Wildman–Crippen LogP) is 2.78. The molecule has 0 radical (unpaired) electrons. The number of aromatic nitrogens is 1. The molecule has 0 bridgehead atoms. The molecule has 0 spiro atoms. The van der Waals surface area contributed by atoms with Gasteiger partial charge in [0.1, 0.15) is 5.75 Å². The molecule has 0 atom stereocenters. The molecule has 0 amide bonds. The van der Waals surface area contributed by atoms with Gasteiger partial charge in [-0.05, 0) is 36.2 Å². The standard InChI is InChI=1S/C13H13FN2O/c1-9-4-5-10(8-15)7-12(9)17-13-11(14)3-2-6-16-13/h2-7H,8,15H2,1H3. The molecule has 0 aliphatic carbocycles. The highest BCUT2D eigenvalue weighted by molar-refractivity contribution is 5.38. The van der Waals surface area contributed by atoms with Gasteiger partial charge in [-0.15, -0.1) is 0 Å². The van der Waals surface area contributed by atoms with Crippen molar-refractivity contribution in [3.63, 3.8) is 0 Å². The van der Waals surface area contributed by atoms with Crippen LogP contribution in [0.3, 0.4) is 0 Å². The van der Waals surface area contributed by atoms with Gasteiger partial charge in [-0.1, -0.05) is 12.1 Å². The third-order valence-electron chi connectivity index (χ3n) is 2.42. The predicted molar refractivity (Wildman–Crippen MR) is 63.3 cm³/mol. The van der Waals surface area contributed by atoms with Crippen molar-refractivity contribution in [3.05, 3.63) is 53.5 Å². The average molecular weight is 232 g/mol. The monoisotopic (exact) mass is 232 g/mol. The van der Waals surface area contributed by atoms with Crippen LogP contribution in [0.2, 0.25) is 0 Å². The highest BCUT2D eigenvalue weighted by Crippen LogP contribution is 2.26. The maximum Gasteiger partial charge on any atom is 0.255 e. The van der Waals surface area contributed by atoms with Crippen molar-refractivity contribution in [1.29, 1.82) is 0 Å². The molecular weight excluding hydrogens is 219 g/mol. The molecule has 0 fully saturated rings. The van der Waals surface area contributed by atoms with Gasteiger partial charge in [0.15, 0.2) is 5.82 Å². The zero-order valence-electron chi connectivity index (χ0n) is 9.48. The molecule has 17 heavy (non-hydrogen) atoms. The van der Waals surface area contributed by atoms with E-state index in [1.165, 1.54) is 18.3 Å². The Kier molecular flexibility index (Phi) is 3.35. The van der Waals surface area contributed by atoms with Crippen LogP contribution < -0.4 is 10.5 Å². The maximum absolute atomic E-state index is 13.4. The number of nitrogens with zero attached hydrogens (tertiary/aromatic N) is 1. The highest BCUT2D eigenvalue weighted by Gasteiger charge is 2.07. The third kappa shape index (κ3) is 2.60. The number of nitrogens with two attached hydrogens (primary N) is 1. The largest absolute Gasteiger partial charge is 0.436 e. The topological polar surface area (TPSA) is 48.1 Å². The Morgan fingerprint density at radius 1 is 1.35 bits per heavy atom. The van der Waals surface area contributed by atoms with Gasteiger partial charge in [0.05, 0.1) is 0 Å². The minimum absolute atomic E-state index is 0.0234. The summed E-state index contributed by atoms with van der Waals surface area (Å²) < 4.78 is 18.8. The molecular formula is C13H13FN2O. The van der Waals surface area contributed by atoms with Gasteiger partial charge in [0.25, 0.3) is 5.88 Å². The Balaban J connectivity index is 2.32. The van der Waals surface area contributed by atoms with Crippen molar-refractivity contribution in [1.82, 2.24) is 4.98 Å². The SMILES string of the molecule is Cc1ccc(CN)cc1Oc1ncccc1F. The molecule has 0 aliphatic heterocycles. The highest BCUT2D eigenvalue weighted by atomic mass is 19.1. The fourth-order valence-electron chi connectivity index (χ4n) is 1.43. The first kappa shape index (κ1) is 11.5. The molecule has 0 aliphatic rings. The van der Waals surface area contributed by atoms with Gasteiger partial charge in [-0.25, -0.2) is 9.37 Å². The van der Waals surface area contributed by atoms with E-state index in [1.54, 1.807) is 6.07 Å². The van der Waals surface area contributed by atoms with Crippen molar-refractivity contribution in [2.24, 2.45) is 5.73 Å². The summed E-state index contributed by atoms with van der Waals surface area (Å²) in [4.78, 5) is 3.84. The number of rotatable bonds is 3. The lowest BCUT2D eigenvalue weighted by Gasteiger charge is -2.09. The Labute approximate surface area is 99.1 Å². The van der Waals surface area contributed by atoms with E-state index >= 15 is 0 Å². The fraction of sp³-hybridized carbons (Fsp3) is 0.154. The van der Waals surface area contributed by atoms with E-state index in [2.05, 4.69) is 4.98 Å². The van der Waals surface area contributed by atoms with Crippen molar-refractivity contribution < 1.29 is 9.13 Å². The average Bonchev–Trinajstić information content (AvgIpc) is 2.35. The van der Waals surface area contributed by atoms with Crippen LogP contribution in [-0.4, -0.2) is 4.98 Å². The van der Waals surface area contributed by atoms with Crippen molar-refractivity contribution in [3.8, 4) is 11.6 Å². The van der Waals surface area contributed by atoms with E-state index < -0.39 is 5.82 Å². The summed E-state index contributed by atoms with van der Waals surface area (Å²) in [7, 11) is 0. The molecule has 1 heterocycles. The van der Waals surface area contributed by atoms with Crippen LogP contribution in [0.15, 0.2) is 36.5 Å². The number of hydrogen-bond donors (Lipinski definition) is 1. The van der Waals surface area contributed by atoms with E-state index in [-0.39, 0.29) is 5.88 Å². The summed E-state index contributed by atoms with van der Waals surface area (Å²) in [5, 5.41) is 0. The molecule has 0 unspecified atom stereocenters. The number of ether oxygens (including phenoxy) is 1. The van der Waals surface area contributed by atoms with Crippen LogP contribution in [0, 0.1) is 12.7 Å². The lowest BCUT2D eigenvalue weighted by Crippen LogP contribution is -1.98. The van der Waals surface area contributed by atoms with Crippen LogP contribution in [0.5, 0.6) is 11.6 Å². The maximum atomic E-state index is 13.4. The minimum Gasteiger partial charge on any atom is -0.436 e. The molecule has 4 heteroatoms. The molecule has 0 saturated heterocycles. The minimum atomic E-state index is -0.481. The van der Waals surface area contributed by atoms with Crippen LogP contribution >= 0.6 is 0 Å². The number of pyridine rings is 1. The van der Waals surface area contributed by atoms with Crippen molar-refractivity contribution in [2.75, 3.05) is 0 Å². The van der Waals surface area contributed by atoms with Gasteiger partial charge in [-0.2, -0.15) is 0 Å². The molecule has 3 nitrogen and oxygen atoms in total. The van der Waals surface area contributed by atoms with Crippen LogP contribution in [0.25, 0.3) is 0 Å². The van der Waals surface area contributed by atoms with Gasteiger partial charge in [-0.3, -0.25) is 0 Å². The summed E-state index contributed by atoms with van der Waals surface area (Å²) in [5.41, 5.74) is 7.39. The van der Waals surface area contributed by atoms with Gasteiger partial charge in [0, 0.05) is 12.7 Å². The van der Waals surface area contributed by atoms with E-state index in [1.807, 2.05) is 19.1 Å². The Hall–Kier alpha value is -1.94. The molecule has 2 aromatic rings. The normalized spacial score (nSPS) is 10.3. The van der Waals surface area contributed by atoms with Crippen LogP contribution in [-0.2, 0) is 6.54 Å². The van der Waals surface area contributed by atoms with E-state index in [0.29, 0.717) is 12.3 Å². The summed E-state index contributed by atoms with van der Waals surface area (Å²) in [6.45, 7) is 2.30. The van der Waals surface area contributed by atoms with Crippen LogP contribution in [0.4, 0.5) is 4.39 Å². The molecule has 1 aromatic heterocycles. The second kappa shape index (κ2) is 4.93. The van der Waals surface area contributed by atoms with Crippen LogP contribution in [0.1, 0.15) is 11.1 Å². The van der Waals surface area contributed by atoms with Crippen molar-refractivity contribution >= 4 is 0 Å². The zero-order valence-corrected chi connectivity index (χ0v) is 9.48. The third-order valence-corrected chi connectivity index (χ3v) is 2.42. The summed E-state index contributed by atoms with van der Waals surface area (Å²) in [6, 6.07) is 8.43. The first-order valence-corrected chi connectivity index (χ1v) is 5.28.